The fourth-order valence-electron chi connectivity index (χ4n) is 1.14. The fraction of sp³-hybridized carbons (Fsp3) is 0.200. The molecule has 0 unspecified atom stereocenters. The van der Waals surface area contributed by atoms with E-state index in [0.717, 1.165) is 12.1 Å². The first-order valence-corrected chi connectivity index (χ1v) is 4.16. The number of nitriles is 1. The molecule has 0 radical (unpaired) electrons. The summed E-state index contributed by atoms with van der Waals surface area (Å²) in [6.45, 7) is 0. The molecular weight excluding hydrogens is 223 g/mol. The zero-order valence-corrected chi connectivity index (χ0v) is 7.91. The molecule has 0 bridgehead atoms. The Labute approximate surface area is 89.1 Å². The third-order valence-corrected chi connectivity index (χ3v) is 1.64. The van der Waals surface area contributed by atoms with Crippen LogP contribution in [-0.4, -0.2) is 12.6 Å². The first-order valence-electron chi connectivity index (χ1n) is 4.16. The minimum atomic E-state index is -4.81. The van der Waals surface area contributed by atoms with Crippen molar-refractivity contribution in [3.05, 3.63) is 29.3 Å². The van der Waals surface area contributed by atoms with Crippen molar-refractivity contribution in [3.63, 3.8) is 0 Å². The smallest absolute Gasteiger partial charge is 0.406 e. The number of hydrogen-bond donors (Lipinski definition) is 0. The van der Waals surface area contributed by atoms with E-state index in [1.54, 1.807) is 6.07 Å². The maximum absolute atomic E-state index is 11.9. The molecule has 6 heteroatoms. The largest absolute Gasteiger partial charge is 0.573 e. The highest BCUT2D eigenvalue weighted by Crippen LogP contribution is 2.24. The van der Waals surface area contributed by atoms with Crippen LogP contribution in [0.15, 0.2) is 18.2 Å². The number of nitrogens with zero attached hydrogens (tertiary/aromatic N) is 1. The van der Waals surface area contributed by atoms with E-state index in [9.17, 15) is 18.0 Å². The molecule has 0 N–H and O–H groups in total. The van der Waals surface area contributed by atoms with Gasteiger partial charge in [-0.1, -0.05) is 0 Å². The van der Waals surface area contributed by atoms with Gasteiger partial charge in [0, 0.05) is 5.56 Å². The molecule has 0 saturated heterocycles. The number of benzene rings is 1. The van der Waals surface area contributed by atoms with Crippen LogP contribution in [0.5, 0.6) is 5.75 Å². The average Bonchev–Trinajstić information content (AvgIpc) is 2.15. The van der Waals surface area contributed by atoms with Gasteiger partial charge in [0.1, 0.15) is 12.0 Å². The maximum atomic E-state index is 11.9. The highest BCUT2D eigenvalue weighted by Gasteiger charge is 2.31. The molecule has 16 heavy (non-hydrogen) atoms. The SMILES string of the molecule is N#CCc1cc(C=O)cc(OC(F)(F)F)c1. The van der Waals surface area contributed by atoms with E-state index >= 15 is 0 Å². The summed E-state index contributed by atoms with van der Waals surface area (Å²) in [5, 5.41) is 8.41. The van der Waals surface area contributed by atoms with Crippen molar-refractivity contribution in [1.82, 2.24) is 0 Å². The number of hydrogen-bond acceptors (Lipinski definition) is 3. The van der Waals surface area contributed by atoms with Crippen molar-refractivity contribution in [3.8, 4) is 11.8 Å². The minimum Gasteiger partial charge on any atom is -0.406 e. The highest BCUT2D eigenvalue weighted by atomic mass is 19.4. The Kier molecular flexibility index (Phi) is 3.51. The van der Waals surface area contributed by atoms with E-state index in [0.29, 0.717) is 11.8 Å². The summed E-state index contributed by atoms with van der Waals surface area (Å²) in [5.41, 5.74) is 0.332. The molecule has 0 spiro atoms. The lowest BCUT2D eigenvalue weighted by Gasteiger charge is -2.10. The lowest BCUT2D eigenvalue weighted by atomic mass is 10.1. The molecule has 0 heterocycles. The van der Waals surface area contributed by atoms with Crippen molar-refractivity contribution in [2.24, 2.45) is 0 Å². The zero-order chi connectivity index (χ0) is 12.2. The summed E-state index contributed by atoms with van der Waals surface area (Å²) in [4.78, 5) is 10.5. The Morgan fingerprint density at radius 2 is 2.06 bits per heavy atom. The van der Waals surface area contributed by atoms with Crippen LogP contribution in [0.2, 0.25) is 0 Å². The van der Waals surface area contributed by atoms with Crippen LogP contribution >= 0.6 is 0 Å². The summed E-state index contributed by atoms with van der Waals surface area (Å²) in [6.07, 6.45) is -4.51. The predicted molar refractivity (Wildman–Crippen MR) is 47.8 cm³/mol. The number of halogens is 3. The average molecular weight is 229 g/mol. The van der Waals surface area contributed by atoms with Crippen molar-refractivity contribution in [2.75, 3.05) is 0 Å². The van der Waals surface area contributed by atoms with Crippen molar-refractivity contribution in [2.45, 2.75) is 12.8 Å². The van der Waals surface area contributed by atoms with Crippen LogP contribution in [-0.2, 0) is 6.42 Å². The minimum absolute atomic E-state index is 0.0343. The summed E-state index contributed by atoms with van der Waals surface area (Å²) in [5.74, 6) is -0.498. The lowest BCUT2D eigenvalue weighted by molar-refractivity contribution is -0.274. The summed E-state index contributed by atoms with van der Waals surface area (Å²) < 4.78 is 39.4. The molecule has 0 saturated carbocycles. The Morgan fingerprint density at radius 3 is 2.56 bits per heavy atom. The van der Waals surface area contributed by atoms with Crippen LogP contribution in [0, 0.1) is 11.3 Å². The molecule has 0 aliphatic heterocycles. The number of alkyl halides is 3. The number of ether oxygens (including phenoxy) is 1. The Balaban J connectivity index is 3.05. The van der Waals surface area contributed by atoms with Crippen LogP contribution < -0.4 is 4.74 Å². The van der Waals surface area contributed by atoms with Crippen LogP contribution in [0.3, 0.4) is 0 Å². The van der Waals surface area contributed by atoms with Gasteiger partial charge in [-0.05, 0) is 23.8 Å². The first kappa shape index (κ1) is 12.0. The second kappa shape index (κ2) is 4.66. The van der Waals surface area contributed by atoms with Crippen LogP contribution in [0.25, 0.3) is 0 Å². The van der Waals surface area contributed by atoms with E-state index in [2.05, 4.69) is 4.74 Å². The third-order valence-electron chi connectivity index (χ3n) is 1.64. The molecule has 0 aliphatic rings. The van der Waals surface area contributed by atoms with Gasteiger partial charge in [-0.25, -0.2) is 0 Å². The molecular formula is C10H6F3NO2. The molecule has 0 fully saturated rings. The van der Waals surface area contributed by atoms with Gasteiger partial charge in [0.2, 0.25) is 0 Å². The molecule has 0 atom stereocenters. The predicted octanol–water partition coefficient (Wildman–Crippen LogP) is 2.46. The standard InChI is InChI=1S/C10H6F3NO2/c11-10(12,13)16-9-4-7(1-2-14)3-8(5-9)6-15/h3-6H,1H2. The first-order chi connectivity index (χ1) is 7.44. The highest BCUT2D eigenvalue weighted by molar-refractivity contribution is 5.76. The van der Waals surface area contributed by atoms with Crippen molar-refractivity contribution >= 4 is 6.29 Å². The fourth-order valence-corrected chi connectivity index (χ4v) is 1.14. The molecule has 1 aromatic rings. The molecule has 0 aliphatic carbocycles. The monoisotopic (exact) mass is 229 g/mol. The Bertz CT molecular complexity index is 435. The molecule has 1 aromatic carbocycles. The molecule has 84 valence electrons. The summed E-state index contributed by atoms with van der Waals surface area (Å²) >= 11 is 0. The second-order valence-corrected chi connectivity index (χ2v) is 2.91. The third kappa shape index (κ3) is 3.61. The van der Waals surface area contributed by atoms with Gasteiger partial charge < -0.3 is 4.74 Å². The van der Waals surface area contributed by atoms with E-state index in [4.69, 9.17) is 5.26 Å². The van der Waals surface area contributed by atoms with Gasteiger partial charge >= 0.3 is 6.36 Å². The maximum Gasteiger partial charge on any atom is 0.573 e. The molecule has 1 rings (SSSR count). The van der Waals surface area contributed by atoms with E-state index < -0.39 is 12.1 Å². The van der Waals surface area contributed by atoms with E-state index in [1.165, 1.54) is 6.07 Å². The van der Waals surface area contributed by atoms with Gasteiger partial charge in [0.25, 0.3) is 0 Å². The Morgan fingerprint density at radius 1 is 1.38 bits per heavy atom. The van der Waals surface area contributed by atoms with Gasteiger partial charge in [-0.3, -0.25) is 4.79 Å². The van der Waals surface area contributed by atoms with Crippen LogP contribution in [0.1, 0.15) is 15.9 Å². The number of rotatable bonds is 3. The number of aldehydes is 1. The van der Waals surface area contributed by atoms with Crippen LogP contribution in [0.4, 0.5) is 13.2 Å². The number of carbonyl (C=O) groups is 1. The van der Waals surface area contributed by atoms with Gasteiger partial charge in [-0.2, -0.15) is 5.26 Å². The Hall–Kier alpha value is -2.03. The van der Waals surface area contributed by atoms with Gasteiger partial charge in [-0.15, -0.1) is 13.2 Å². The topological polar surface area (TPSA) is 50.1 Å². The normalized spacial score (nSPS) is 10.6. The quantitative estimate of drug-likeness (QED) is 0.748. The lowest BCUT2D eigenvalue weighted by Crippen LogP contribution is -2.17. The summed E-state index contributed by atoms with van der Waals surface area (Å²) in [6, 6.07) is 5.14. The summed E-state index contributed by atoms with van der Waals surface area (Å²) in [7, 11) is 0. The van der Waals surface area contributed by atoms with Crippen molar-refractivity contribution in [1.29, 1.82) is 5.26 Å². The van der Waals surface area contributed by atoms with Gasteiger partial charge in [0.15, 0.2) is 0 Å². The van der Waals surface area contributed by atoms with E-state index in [1.807, 2.05) is 0 Å². The molecule has 0 aromatic heterocycles. The second-order valence-electron chi connectivity index (χ2n) is 2.91. The van der Waals surface area contributed by atoms with Gasteiger partial charge in [0.05, 0.1) is 12.5 Å². The molecule has 3 nitrogen and oxygen atoms in total. The number of carbonyl (C=O) groups excluding carboxylic acids is 1. The molecule has 0 amide bonds. The zero-order valence-electron chi connectivity index (χ0n) is 7.91. The van der Waals surface area contributed by atoms with E-state index in [-0.39, 0.29) is 12.0 Å². The van der Waals surface area contributed by atoms with Crippen molar-refractivity contribution < 1.29 is 22.7 Å².